The molecule has 0 aliphatic rings. The summed E-state index contributed by atoms with van der Waals surface area (Å²) in [6.07, 6.45) is 4.13. The Labute approximate surface area is 115 Å². The van der Waals surface area contributed by atoms with Crippen LogP contribution in [-0.4, -0.2) is 5.12 Å². The van der Waals surface area contributed by atoms with Gasteiger partial charge in [-0.2, -0.15) is 0 Å². The van der Waals surface area contributed by atoms with E-state index in [1.165, 1.54) is 22.9 Å². The van der Waals surface area contributed by atoms with E-state index in [9.17, 15) is 4.79 Å². The van der Waals surface area contributed by atoms with E-state index in [0.29, 0.717) is 5.12 Å². The first-order valence-electron chi connectivity index (χ1n) is 6.49. The zero-order valence-electron chi connectivity index (χ0n) is 11.5. The minimum Gasteiger partial charge on any atom is -0.287 e. The Morgan fingerprint density at radius 2 is 2.00 bits per heavy atom. The van der Waals surface area contributed by atoms with E-state index < -0.39 is 0 Å². The molecular weight excluding hydrogens is 240 g/mol. The molecule has 0 amide bonds. The molecular formula is C16H22OS. The highest BCUT2D eigenvalue weighted by atomic mass is 32.2. The lowest BCUT2D eigenvalue weighted by Gasteiger charge is -2.10. The molecule has 0 saturated carbocycles. The van der Waals surface area contributed by atoms with Gasteiger partial charge >= 0.3 is 0 Å². The highest BCUT2D eigenvalue weighted by Gasteiger charge is 2.13. The maximum atomic E-state index is 12.0. The average molecular weight is 262 g/mol. The molecule has 0 aliphatic carbocycles. The first-order chi connectivity index (χ1) is 8.63. The standard InChI is InChI=1S/C16H22OS/c1-4-8-13(2)11-14(3)16(17)18-12-15-9-6-5-7-10-15/h5-10,14H,4,11-12H2,1-3H3/b13-8+/t14-/m0/s1. The van der Waals surface area contributed by atoms with Crippen LogP contribution in [0.3, 0.4) is 0 Å². The molecule has 0 N–H and O–H groups in total. The third kappa shape index (κ3) is 5.54. The van der Waals surface area contributed by atoms with Gasteiger partial charge in [0.2, 0.25) is 0 Å². The molecule has 98 valence electrons. The summed E-state index contributed by atoms with van der Waals surface area (Å²) < 4.78 is 0. The molecule has 0 saturated heterocycles. The van der Waals surface area contributed by atoms with Crippen LogP contribution in [0.5, 0.6) is 0 Å². The zero-order valence-corrected chi connectivity index (χ0v) is 12.3. The minimum absolute atomic E-state index is 0.113. The molecule has 2 heteroatoms. The normalized spacial score (nSPS) is 13.4. The molecule has 0 aromatic heterocycles. The van der Waals surface area contributed by atoms with Gasteiger partial charge in [-0.25, -0.2) is 0 Å². The molecule has 0 radical (unpaired) electrons. The van der Waals surface area contributed by atoms with E-state index in [1.807, 2.05) is 25.1 Å². The van der Waals surface area contributed by atoms with Crippen LogP contribution in [-0.2, 0) is 10.5 Å². The monoisotopic (exact) mass is 262 g/mol. The molecule has 0 bridgehead atoms. The third-order valence-corrected chi connectivity index (χ3v) is 3.97. The minimum atomic E-state index is 0.113. The van der Waals surface area contributed by atoms with E-state index in [2.05, 4.69) is 32.1 Å². The van der Waals surface area contributed by atoms with Crippen molar-refractivity contribution in [1.82, 2.24) is 0 Å². The molecule has 1 aromatic rings. The van der Waals surface area contributed by atoms with E-state index >= 15 is 0 Å². The lowest BCUT2D eigenvalue weighted by Crippen LogP contribution is -2.07. The summed E-state index contributed by atoms with van der Waals surface area (Å²) in [5.74, 6) is 0.891. The highest BCUT2D eigenvalue weighted by molar-refractivity contribution is 8.13. The fourth-order valence-electron chi connectivity index (χ4n) is 1.87. The second kappa shape index (κ2) is 8.15. The van der Waals surface area contributed by atoms with E-state index in [-0.39, 0.29) is 5.92 Å². The van der Waals surface area contributed by atoms with Crippen molar-refractivity contribution >= 4 is 16.9 Å². The predicted octanol–water partition coefficient (Wildman–Crippen LogP) is 4.83. The summed E-state index contributed by atoms with van der Waals surface area (Å²) in [5.41, 5.74) is 2.53. The Morgan fingerprint density at radius 3 is 2.61 bits per heavy atom. The fourth-order valence-corrected chi connectivity index (χ4v) is 2.74. The molecule has 0 fully saturated rings. The third-order valence-electron chi connectivity index (χ3n) is 2.81. The van der Waals surface area contributed by atoms with Gasteiger partial charge in [0.05, 0.1) is 0 Å². The SMILES string of the molecule is CC/C=C(\C)C[C@H](C)C(=O)SCc1ccccc1. The zero-order chi connectivity index (χ0) is 13.4. The Kier molecular flexibility index (Phi) is 6.81. The van der Waals surface area contributed by atoms with Crippen LogP contribution in [0.1, 0.15) is 39.2 Å². The van der Waals surface area contributed by atoms with Crippen LogP contribution in [0.15, 0.2) is 42.0 Å². The number of benzene rings is 1. The Morgan fingerprint density at radius 1 is 1.33 bits per heavy atom. The number of hydrogen-bond donors (Lipinski definition) is 0. The van der Waals surface area contributed by atoms with Crippen molar-refractivity contribution < 1.29 is 4.79 Å². The molecule has 1 aromatic carbocycles. The average Bonchev–Trinajstić information content (AvgIpc) is 2.37. The number of carbonyl (C=O) groups is 1. The molecule has 1 atom stereocenters. The van der Waals surface area contributed by atoms with Crippen LogP contribution < -0.4 is 0 Å². The van der Waals surface area contributed by atoms with Crippen LogP contribution in [0.2, 0.25) is 0 Å². The molecule has 1 rings (SSSR count). The van der Waals surface area contributed by atoms with Crippen molar-refractivity contribution in [2.24, 2.45) is 5.92 Å². The summed E-state index contributed by atoms with van der Waals surface area (Å²) in [6, 6.07) is 10.1. The van der Waals surface area contributed by atoms with Crippen LogP contribution in [0, 0.1) is 5.92 Å². The van der Waals surface area contributed by atoms with Crippen molar-refractivity contribution in [2.45, 2.75) is 39.4 Å². The van der Waals surface area contributed by atoms with Gasteiger partial charge in [-0.15, -0.1) is 0 Å². The molecule has 0 spiro atoms. The summed E-state index contributed by atoms with van der Waals surface area (Å²) in [4.78, 5) is 12.0. The number of rotatable bonds is 6. The quantitative estimate of drug-likeness (QED) is 0.683. The predicted molar refractivity (Wildman–Crippen MR) is 80.6 cm³/mol. The first kappa shape index (κ1) is 15.0. The van der Waals surface area contributed by atoms with Gasteiger partial charge in [-0.1, -0.05) is 67.6 Å². The molecule has 0 heterocycles. The van der Waals surface area contributed by atoms with Gasteiger partial charge in [0.25, 0.3) is 0 Å². The van der Waals surface area contributed by atoms with Gasteiger partial charge in [-0.3, -0.25) is 4.79 Å². The van der Waals surface area contributed by atoms with Crippen LogP contribution in [0.25, 0.3) is 0 Å². The second-order valence-electron chi connectivity index (χ2n) is 4.66. The van der Waals surface area contributed by atoms with Gasteiger partial charge in [-0.05, 0) is 25.3 Å². The molecule has 1 nitrogen and oxygen atoms in total. The molecule has 18 heavy (non-hydrogen) atoms. The van der Waals surface area contributed by atoms with Crippen LogP contribution >= 0.6 is 11.8 Å². The number of allylic oxidation sites excluding steroid dienone is 2. The number of thioether (sulfide) groups is 1. The Bertz CT molecular complexity index is 395. The number of carbonyl (C=O) groups excluding carboxylic acids is 1. The van der Waals surface area contributed by atoms with E-state index in [4.69, 9.17) is 0 Å². The van der Waals surface area contributed by atoms with Gasteiger partial charge in [0.15, 0.2) is 5.12 Å². The van der Waals surface area contributed by atoms with Crippen molar-refractivity contribution in [2.75, 3.05) is 0 Å². The van der Waals surface area contributed by atoms with Crippen LogP contribution in [0.4, 0.5) is 0 Å². The second-order valence-corrected chi connectivity index (χ2v) is 5.64. The first-order valence-corrected chi connectivity index (χ1v) is 7.48. The highest BCUT2D eigenvalue weighted by Crippen LogP contribution is 2.21. The lowest BCUT2D eigenvalue weighted by atomic mass is 10.0. The number of hydrogen-bond acceptors (Lipinski definition) is 2. The smallest absolute Gasteiger partial charge is 0.192 e. The van der Waals surface area contributed by atoms with Gasteiger partial charge < -0.3 is 0 Å². The summed E-state index contributed by atoms with van der Waals surface area (Å²) in [5, 5.41) is 0.294. The summed E-state index contributed by atoms with van der Waals surface area (Å²) in [6.45, 7) is 6.25. The summed E-state index contributed by atoms with van der Waals surface area (Å²) in [7, 11) is 0. The maximum Gasteiger partial charge on any atom is 0.192 e. The molecule has 0 aliphatic heterocycles. The van der Waals surface area contributed by atoms with Crippen molar-refractivity contribution in [3.05, 3.63) is 47.5 Å². The summed E-state index contributed by atoms with van der Waals surface area (Å²) >= 11 is 1.43. The maximum absolute atomic E-state index is 12.0. The van der Waals surface area contributed by atoms with Crippen molar-refractivity contribution in [1.29, 1.82) is 0 Å². The van der Waals surface area contributed by atoms with Crippen molar-refractivity contribution in [3.8, 4) is 0 Å². The fraction of sp³-hybridized carbons (Fsp3) is 0.438. The van der Waals surface area contributed by atoms with Gasteiger partial charge in [0, 0.05) is 11.7 Å². The Hall–Kier alpha value is -1.02. The largest absolute Gasteiger partial charge is 0.287 e. The molecule has 0 unspecified atom stereocenters. The Balaban J connectivity index is 2.39. The topological polar surface area (TPSA) is 17.1 Å². The van der Waals surface area contributed by atoms with Gasteiger partial charge in [0.1, 0.15) is 0 Å². The van der Waals surface area contributed by atoms with E-state index in [1.54, 1.807) is 0 Å². The lowest BCUT2D eigenvalue weighted by molar-refractivity contribution is -0.113. The van der Waals surface area contributed by atoms with Crippen molar-refractivity contribution in [3.63, 3.8) is 0 Å². The van der Waals surface area contributed by atoms with E-state index in [0.717, 1.165) is 18.6 Å².